The van der Waals surface area contributed by atoms with Crippen LogP contribution in [0.5, 0.6) is 11.5 Å². The van der Waals surface area contributed by atoms with Gasteiger partial charge in [-0.25, -0.2) is 0 Å². The number of benzene rings is 1. The molecule has 2 rings (SSSR count). The third-order valence-corrected chi connectivity index (χ3v) is 3.30. The van der Waals surface area contributed by atoms with E-state index in [1.807, 2.05) is 12.1 Å². The lowest BCUT2D eigenvalue weighted by Gasteiger charge is -2.08. The van der Waals surface area contributed by atoms with Crippen molar-refractivity contribution >= 4 is 11.6 Å². The van der Waals surface area contributed by atoms with Crippen LogP contribution >= 0.6 is 11.6 Å². The van der Waals surface area contributed by atoms with Gasteiger partial charge in [0, 0.05) is 13.2 Å². The highest BCUT2D eigenvalue weighted by atomic mass is 35.5. The van der Waals surface area contributed by atoms with Gasteiger partial charge in [0.05, 0.1) is 11.1 Å². The summed E-state index contributed by atoms with van der Waals surface area (Å²) in [6.45, 7) is 6.94. The highest BCUT2D eigenvalue weighted by Crippen LogP contribution is 2.39. The van der Waals surface area contributed by atoms with Crippen LogP contribution in [0.15, 0.2) is 12.1 Å². The molecule has 1 heterocycles. The average molecular weight is 300 g/mol. The Morgan fingerprint density at radius 1 is 1.30 bits per heavy atom. The van der Waals surface area contributed by atoms with Crippen molar-refractivity contribution < 1.29 is 14.2 Å². The van der Waals surface area contributed by atoms with Crippen molar-refractivity contribution in [3.05, 3.63) is 22.7 Å². The SMILES string of the molecule is CC(C)OCCCCNCc1cc(Cl)c2c(c1)OCO2. The normalized spacial score (nSPS) is 13.2. The van der Waals surface area contributed by atoms with Crippen LogP contribution in [0.25, 0.3) is 0 Å². The lowest BCUT2D eigenvalue weighted by atomic mass is 10.2. The molecule has 0 saturated carbocycles. The zero-order valence-electron chi connectivity index (χ0n) is 12.1. The van der Waals surface area contributed by atoms with Gasteiger partial charge >= 0.3 is 0 Å². The number of halogens is 1. The Labute approximate surface area is 125 Å². The van der Waals surface area contributed by atoms with E-state index in [-0.39, 0.29) is 6.79 Å². The van der Waals surface area contributed by atoms with Crippen LogP contribution in [0.2, 0.25) is 5.02 Å². The monoisotopic (exact) mass is 299 g/mol. The van der Waals surface area contributed by atoms with E-state index in [0.29, 0.717) is 16.9 Å². The lowest BCUT2D eigenvalue weighted by molar-refractivity contribution is 0.0760. The van der Waals surface area contributed by atoms with Crippen molar-refractivity contribution in [1.82, 2.24) is 5.32 Å². The second-order valence-corrected chi connectivity index (χ2v) is 5.52. The van der Waals surface area contributed by atoms with Crippen LogP contribution in [0, 0.1) is 0 Å². The number of hydrogen-bond donors (Lipinski definition) is 1. The van der Waals surface area contributed by atoms with Gasteiger partial charge in [0.15, 0.2) is 11.5 Å². The molecule has 1 aliphatic rings. The first-order chi connectivity index (χ1) is 9.66. The number of rotatable bonds is 8. The molecular weight excluding hydrogens is 278 g/mol. The van der Waals surface area contributed by atoms with Gasteiger partial charge in [-0.05, 0) is 50.9 Å². The highest BCUT2D eigenvalue weighted by Gasteiger charge is 2.17. The first-order valence-electron chi connectivity index (χ1n) is 7.07. The van der Waals surface area contributed by atoms with E-state index in [0.717, 1.165) is 43.9 Å². The summed E-state index contributed by atoms with van der Waals surface area (Å²) in [4.78, 5) is 0. The van der Waals surface area contributed by atoms with E-state index in [2.05, 4.69) is 19.2 Å². The summed E-state index contributed by atoms with van der Waals surface area (Å²) in [5.41, 5.74) is 1.11. The van der Waals surface area contributed by atoms with Crippen LogP contribution in [0.1, 0.15) is 32.3 Å². The van der Waals surface area contributed by atoms with Crippen LogP contribution in [0.4, 0.5) is 0 Å². The number of fused-ring (bicyclic) bond motifs is 1. The fourth-order valence-electron chi connectivity index (χ4n) is 2.03. The van der Waals surface area contributed by atoms with Crippen molar-refractivity contribution in [2.45, 2.75) is 39.3 Å². The average Bonchev–Trinajstić information content (AvgIpc) is 2.86. The first-order valence-corrected chi connectivity index (χ1v) is 7.45. The van der Waals surface area contributed by atoms with E-state index in [9.17, 15) is 0 Å². The van der Waals surface area contributed by atoms with Gasteiger partial charge in [0.1, 0.15) is 0 Å². The quantitative estimate of drug-likeness (QED) is 0.747. The first kappa shape index (κ1) is 15.4. The van der Waals surface area contributed by atoms with Crippen molar-refractivity contribution in [3.63, 3.8) is 0 Å². The molecule has 4 nitrogen and oxygen atoms in total. The summed E-state index contributed by atoms with van der Waals surface area (Å²) in [5, 5.41) is 4.01. The fourth-order valence-corrected chi connectivity index (χ4v) is 2.31. The fraction of sp³-hybridized carbons (Fsp3) is 0.600. The standard InChI is InChI=1S/C15H22ClNO3/c1-11(2)18-6-4-3-5-17-9-12-7-13(16)15-14(8-12)19-10-20-15/h7-8,11,17H,3-6,9-10H2,1-2H3. The van der Waals surface area contributed by atoms with Gasteiger partial charge in [-0.3, -0.25) is 0 Å². The van der Waals surface area contributed by atoms with E-state index in [1.54, 1.807) is 0 Å². The van der Waals surface area contributed by atoms with Crippen LogP contribution in [-0.4, -0.2) is 26.0 Å². The topological polar surface area (TPSA) is 39.7 Å². The molecule has 0 amide bonds. The maximum Gasteiger partial charge on any atom is 0.231 e. The van der Waals surface area contributed by atoms with Crippen LogP contribution < -0.4 is 14.8 Å². The van der Waals surface area contributed by atoms with Crippen molar-refractivity contribution in [2.75, 3.05) is 19.9 Å². The molecule has 0 bridgehead atoms. The highest BCUT2D eigenvalue weighted by molar-refractivity contribution is 6.32. The molecule has 112 valence electrons. The Morgan fingerprint density at radius 2 is 2.15 bits per heavy atom. The van der Waals surface area contributed by atoms with Crippen molar-refractivity contribution in [1.29, 1.82) is 0 Å². The van der Waals surface area contributed by atoms with E-state index in [4.69, 9.17) is 25.8 Å². The summed E-state index contributed by atoms with van der Waals surface area (Å²) in [5.74, 6) is 1.39. The molecule has 20 heavy (non-hydrogen) atoms. The van der Waals surface area contributed by atoms with Crippen molar-refractivity contribution in [3.8, 4) is 11.5 Å². The minimum absolute atomic E-state index is 0.252. The zero-order chi connectivity index (χ0) is 14.4. The predicted octanol–water partition coefficient (Wildman–Crippen LogP) is 3.36. The molecule has 0 spiro atoms. The molecule has 0 atom stereocenters. The third kappa shape index (κ3) is 4.54. The summed E-state index contributed by atoms with van der Waals surface area (Å²) in [6, 6.07) is 3.90. The molecule has 5 heteroatoms. The predicted molar refractivity (Wildman–Crippen MR) is 79.6 cm³/mol. The second kappa shape index (κ2) is 7.72. The molecule has 1 aromatic carbocycles. The Morgan fingerprint density at radius 3 is 2.95 bits per heavy atom. The lowest BCUT2D eigenvalue weighted by Crippen LogP contribution is -2.15. The number of unbranched alkanes of at least 4 members (excludes halogenated alkanes) is 1. The molecular formula is C15H22ClNO3. The number of hydrogen-bond acceptors (Lipinski definition) is 4. The molecule has 0 fully saturated rings. The van der Waals surface area contributed by atoms with Gasteiger partial charge < -0.3 is 19.5 Å². The van der Waals surface area contributed by atoms with Crippen LogP contribution in [-0.2, 0) is 11.3 Å². The Bertz CT molecular complexity index is 437. The zero-order valence-corrected chi connectivity index (χ0v) is 12.8. The minimum atomic E-state index is 0.252. The Kier molecular flexibility index (Phi) is 5.95. The number of nitrogens with one attached hydrogen (secondary N) is 1. The van der Waals surface area contributed by atoms with Gasteiger partial charge in [-0.2, -0.15) is 0 Å². The summed E-state index contributed by atoms with van der Waals surface area (Å²) >= 11 is 6.14. The van der Waals surface area contributed by atoms with E-state index < -0.39 is 0 Å². The molecule has 1 aromatic rings. The maximum absolute atomic E-state index is 6.14. The van der Waals surface area contributed by atoms with E-state index >= 15 is 0 Å². The molecule has 0 saturated heterocycles. The van der Waals surface area contributed by atoms with E-state index in [1.165, 1.54) is 0 Å². The van der Waals surface area contributed by atoms with Gasteiger partial charge in [0.25, 0.3) is 0 Å². The number of ether oxygens (including phenoxy) is 3. The Hall–Kier alpha value is -0.970. The molecule has 0 unspecified atom stereocenters. The maximum atomic E-state index is 6.14. The second-order valence-electron chi connectivity index (χ2n) is 5.11. The summed E-state index contributed by atoms with van der Waals surface area (Å²) in [6.07, 6.45) is 2.50. The summed E-state index contributed by atoms with van der Waals surface area (Å²) < 4.78 is 16.1. The molecule has 0 aliphatic carbocycles. The molecule has 0 aromatic heterocycles. The third-order valence-electron chi connectivity index (χ3n) is 3.02. The van der Waals surface area contributed by atoms with Gasteiger partial charge in [0.2, 0.25) is 6.79 Å². The minimum Gasteiger partial charge on any atom is -0.454 e. The summed E-state index contributed by atoms with van der Waals surface area (Å²) in [7, 11) is 0. The van der Waals surface area contributed by atoms with Gasteiger partial charge in [-0.15, -0.1) is 0 Å². The Balaban J connectivity index is 1.66. The van der Waals surface area contributed by atoms with Gasteiger partial charge in [-0.1, -0.05) is 11.6 Å². The largest absolute Gasteiger partial charge is 0.454 e. The molecule has 0 radical (unpaired) electrons. The van der Waals surface area contributed by atoms with Crippen molar-refractivity contribution in [2.24, 2.45) is 0 Å². The van der Waals surface area contributed by atoms with Crippen LogP contribution in [0.3, 0.4) is 0 Å². The molecule has 1 N–H and O–H groups in total. The smallest absolute Gasteiger partial charge is 0.231 e. The molecule has 1 aliphatic heterocycles.